The Labute approximate surface area is 229 Å². The van der Waals surface area contributed by atoms with Gasteiger partial charge in [0.1, 0.15) is 5.76 Å². The summed E-state index contributed by atoms with van der Waals surface area (Å²) in [6, 6.07) is 22.8. The van der Waals surface area contributed by atoms with Crippen molar-refractivity contribution in [3.05, 3.63) is 84.3 Å². The SMILES string of the molecule is O=C(CCCC1CCCCN1S(=O)(=O)c1cccc2ccccc12)N1CCc2nc(-c3ccccc3)oc2C1. The van der Waals surface area contributed by atoms with E-state index < -0.39 is 10.0 Å². The van der Waals surface area contributed by atoms with E-state index in [1.54, 1.807) is 10.4 Å². The largest absolute Gasteiger partial charge is 0.439 e. The number of amides is 1. The summed E-state index contributed by atoms with van der Waals surface area (Å²) in [5, 5.41) is 1.68. The molecule has 202 valence electrons. The van der Waals surface area contributed by atoms with Gasteiger partial charge >= 0.3 is 0 Å². The Balaban J connectivity index is 1.09. The van der Waals surface area contributed by atoms with Gasteiger partial charge in [0.2, 0.25) is 21.8 Å². The second-order valence-corrected chi connectivity index (χ2v) is 12.3. The molecule has 1 saturated heterocycles. The fraction of sp³-hybridized carbons (Fsp3) is 0.355. The maximum Gasteiger partial charge on any atom is 0.243 e. The third-order valence-corrected chi connectivity index (χ3v) is 9.95. The van der Waals surface area contributed by atoms with Crippen molar-refractivity contribution in [2.75, 3.05) is 13.1 Å². The minimum absolute atomic E-state index is 0.0811. The molecule has 0 saturated carbocycles. The smallest absolute Gasteiger partial charge is 0.243 e. The normalized spacial score (nSPS) is 18.3. The number of oxazole rings is 1. The molecule has 3 aromatic carbocycles. The van der Waals surface area contributed by atoms with E-state index in [2.05, 4.69) is 4.98 Å². The summed E-state index contributed by atoms with van der Waals surface area (Å²) in [6.07, 6.45) is 5.09. The van der Waals surface area contributed by atoms with Gasteiger partial charge in [0.25, 0.3) is 0 Å². The van der Waals surface area contributed by atoms with Crippen LogP contribution < -0.4 is 0 Å². The molecule has 4 aromatic rings. The molecule has 1 aromatic heterocycles. The van der Waals surface area contributed by atoms with E-state index in [0.717, 1.165) is 47.1 Å². The number of carbonyl (C=O) groups is 1. The molecule has 3 heterocycles. The zero-order valence-corrected chi connectivity index (χ0v) is 22.8. The zero-order chi connectivity index (χ0) is 26.8. The van der Waals surface area contributed by atoms with Crippen LogP contribution in [-0.4, -0.2) is 47.6 Å². The van der Waals surface area contributed by atoms with Gasteiger partial charge in [-0.1, -0.05) is 61.0 Å². The lowest BCUT2D eigenvalue weighted by Gasteiger charge is -2.35. The number of hydrogen-bond donors (Lipinski definition) is 0. The Morgan fingerprint density at radius 1 is 0.949 bits per heavy atom. The van der Waals surface area contributed by atoms with Crippen molar-refractivity contribution in [2.45, 2.75) is 62.4 Å². The number of rotatable bonds is 7. The summed E-state index contributed by atoms with van der Waals surface area (Å²) in [5.74, 6) is 1.44. The Bertz CT molecular complexity index is 1580. The molecule has 0 bridgehead atoms. The predicted molar refractivity (Wildman–Crippen MR) is 150 cm³/mol. The molecular formula is C31H33N3O4S. The average Bonchev–Trinajstić information content (AvgIpc) is 3.41. The molecule has 0 spiro atoms. The van der Waals surface area contributed by atoms with Crippen LogP contribution in [0, 0.1) is 0 Å². The summed E-state index contributed by atoms with van der Waals surface area (Å²) in [4.78, 5) is 20.0. The first kappa shape index (κ1) is 25.8. The van der Waals surface area contributed by atoms with Crippen LogP contribution in [-0.2, 0) is 27.8 Å². The molecule has 0 radical (unpaired) electrons. The quantitative estimate of drug-likeness (QED) is 0.295. The summed E-state index contributed by atoms with van der Waals surface area (Å²) < 4.78 is 35.3. The highest BCUT2D eigenvalue weighted by molar-refractivity contribution is 7.89. The number of hydrogen-bond acceptors (Lipinski definition) is 5. The van der Waals surface area contributed by atoms with Crippen LogP contribution >= 0.6 is 0 Å². The summed E-state index contributed by atoms with van der Waals surface area (Å²) in [7, 11) is -3.64. The van der Waals surface area contributed by atoms with Gasteiger partial charge in [0.15, 0.2) is 0 Å². The van der Waals surface area contributed by atoms with E-state index >= 15 is 0 Å². The van der Waals surface area contributed by atoms with Gasteiger partial charge in [-0.05, 0) is 49.3 Å². The lowest BCUT2D eigenvalue weighted by molar-refractivity contribution is -0.132. The number of benzene rings is 3. The van der Waals surface area contributed by atoms with Crippen LogP contribution in [0.4, 0.5) is 0 Å². The van der Waals surface area contributed by atoms with E-state index in [9.17, 15) is 13.2 Å². The Morgan fingerprint density at radius 2 is 1.74 bits per heavy atom. The van der Waals surface area contributed by atoms with Gasteiger partial charge in [0, 0.05) is 42.9 Å². The molecule has 0 aliphatic carbocycles. The van der Waals surface area contributed by atoms with Crippen LogP contribution in [0.1, 0.15) is 50.0 Å². The molecule has 6 rings (SSSR count). The van der Waals surface area contributed by atoms with Crippen molar-refractivity contribution < 1.29 is 17.6 Å². The zero-order valence-electron chi connectivity index (χ0n) is 22.0. The lowest BCUT2D eigenvalue weighted by Crippen LogP contribution is -2.43. The third kappa shape index (κ3) is 5.23. The van der Waals surface area contributed by atoms with Crippen molar-refractivity contribution >= 4 is 26.7 Å². The molecule has 1 unspecified atom stereocenters. The number of fused-ring (bicyclic) bond motifs is 2. The molecule has 7 nitrogen and oxygen atoms in total. The number of nitrogens with zero attached hydrogens (tertiary/aromatic N) is 3. The second kappa shape index (κ2) is 10.9. The number of sulfonamides is 1. The molecule has 1 amide bonds. The maximum absolute atomic E-state index is 13.8. The van der Waals surface area contributed by atoms with Crippen molar-refractivity contribution in [2.24, 2.45) is 0 Å². The molecule has 1 atom stereocenters. The fourth-order valence-electron chi connectivity index (χ4n) is 5.89. The average molecular weight is 544 g/mol. The minimum Gasteiger partial charge on any atom is -0.439 e. The first-order valence-corrected chi connectivity index (χ1v) is 15.3. The van der Waals surface area contributed by atoms with Crippen LogP contribution in [0.2, 0.25) is 0 Å². The highest BCUT2D eigenvalue weighted by Crippen LogP contribution is 2.32. The summed E-state index contributed by atoms with van der Waals surface area (Å²) >= 11 is 0. The monoisotopic (exact) mass is 543 g/mol. The molecule has 2 aliphatic heterocycles. The van der Waals surface area contributed by atoms with Crippen LogP contribution in [0.5, 0.6) is 0 Å². The molecule has 1 fully saturated rings. The Morgan fingerprint density at radius 3 is 2.62 bits per heavy atom. The highest BCUT2D eigenvalue weighted by atomic mass is 32.2. The van der Waals surface area contributed by atoms with Crippen molar-refractivity contribution in [3.8, 4) is 11.5 Å². The van der Waals surface area contributed by atoms with E-state index in [4.69, 9.17) is 4.42 Å². The standard InChI is InChI=1S/C31H33N3O4S/c35-30(33-21-19-27-28(22-33)38-31(32-27)24-11-2-1-3-12-24)18-9-15-25-14-6-7-20-34(25)39(36,37)29-17-8-13-23-10-4-5-16-26(23)29/h1-5,8,10-13,16-17,25H,6-7,9,14-15,18-22H2. The Kier molecular flexibility index (Phi) is 7.23. The first-order valence-electron chi connectivity index (χ1n) is 13.8. The maximum atomic E-state index is 13.8. The first-order chi connectivity index (χ1) is 19.0. The Hall–Kier alpha value is -3.49. The predicted octanol–water partition coefficient (Wildman–Crippen LogP) is 5.79. The number of piperidine rings is 1. The van der Waals surface area contributed by atoms with Gasteiger partial charge < -0.3 is 9.32 Å². The van der Waals surface area contributed by atoms with Crippen LogP contribution in [0.25, 0.3) is 22.2 Å². The van der Waals surface area contributed by atoms with Crippen molar-refractivity contribution in [3.63, 3.8) is 0 Å². The third-order valence-electron chi connectivity index (χ3n) is 7.94. The van der Waals surface area contributed by atoms with Crippen molar-refractivity contribution in [1.29, 1.82) is 0 Å². The molecule has 8 heteroatoms. The van der Waals surface area contributed by atoms with Gasteiger partial charge in [-0.25, -0.2) is 13.4 Å². The molecule has 2 aliphatic rings. The van der Waals surface area contributed by atoms with Crippen LogP contribution in [0.15, 0.2) is 82.1 Å². The summed E-state index contributed by atoms with van der Waals surface area (Å²) in [6.45, 7) is 1.57. The van der Waals surface area contributed by atoms with Crippen LogP contribution in [0.3, 0.4) is 0 Å². The minimum atomic E-state index is -3.64. The van der Waals surface area contributed by atoms with Gasteiger partial charge in [-0.15, -0.1) is 0 Å². The van der Waals surface area contributed by atoms with Gasteiger partial charge in [-0.2, -0.15) is 4.31 Å². The molecular weight excluding hydrogens is 510 g/mol. The number of aromatic nitrogens is 1. The van der Waals surface area contributed by atoms with E-state index in [1.807, 2.05) is 71.6 Å². The lowest BCUT2D eigenvalue weighted by atomic mass is 9.99. The molecule has 0 N–H and O–H groups in total. The summed E-state index contributed by atoms with van der Waals surface area (Å²) in [5.41, 5.74) is 1.86. The highest BCUT2D eigenvalue weighted by Gasteiger charge is 2.34. The molecule has 39 heavy (non-hydrogen) atoms. The second-order valence-electron chi connectivity index (χ2n) is 10.5. The van der Waals surface area contributed by atoms with Crippen molar-refractivity contribution in [1.82, 2.24) is 14.2 Å². The number of carbonyl (C=O) groups excluding carboxylic acids is 1. The van der Waals surface area contributed by atoms with Gasteiger partial charge in [0.05, 0.1) is 17.1 Å². The fourth-order valence-corrected chi connectivity index (χ4v) is 7.83. The van der Waals surface area contributed by atoms with Gasteiger partial charge in [-0.3, -0.25) is 4.79 Å². The van der Waals surface area contributed by atoms with E-state index in [1.165, 1.54) is 0 Å². The van der Waals surface area contributed by atoms with E-state index in [-0.39, 0.29) is 11.9 Å². The van der Waals surface area contributed by atoms with E-state index in [0.29, 0.717) is 56.1 Å². The topological polar surface area (TPSA) is 83.7 Å².